The predicted octanol–water partition coefficient (Wildman–Crippen LogP) is 3.15. The van der Waals surface area contributed by atoms with E-state index in [-0.39, 0.29) is 62.3 Å². The lowest BCUT2D eigenvalue weighted by atomic mass is 10.0. The summed E-state index contributed by atoms with van der Waals surface area (Å²) >= 11 is 0. The number of hydrogen-bond donors (Lipinski definition) is 7. The van der Waals surface area contributed by atoms with Gasteiger partial charge in [0.05, 0.1) is 54.5 Å². The fraction of sp³-hybridized carbons (Fsp3) is 0.333. The summed E-state index contributed by atoms with van der Waals surface area (Å²) in [6, 6.07) is 6.95. The second kappa shape index (κ2) is 17.7. The molecule has 0 radical (unpaired) electrons. The Morgan fingerprint density at radius 1 is 1.10 bits per heavy atom. The third kappa shape index (κ3) is 10.7. The standard InChI is InChI=1S/C33H38FN5O9/c1-20-3-2-4-22(15-20)37-33(45)39-26-6-5-23(17-25(26)34)48-24-9-10-35-29(18-24)28-16-21(19-36-28)31(43)38-27(32(44)47-14-12-41)7-8-30(42)46-13-11-40/h2-6,9-10,16-19,22,27,32,36,40-41,44H,7-8,11-15H2,1H3,(H,38,43)(H2,37,39,45). The SMILES string of the molecule is CC1=CC=CC(NC(=O)Nc2ccc(Oc3ccnc(-c4cc(C(=O)NC(CCC(=O)OCCO)C(O)OCCO)c[nH]4)c3)cc2F)C1. The van der Waals surface area contributed by atoms with Crippen molar-refractivity contribution in [3.05, 3.63) is 84.0 Å². The molecule has 2 aromatic heterocycles. The Balaban J connectivity index is 1.36. The van der Waals surface area contributed by atoms with Gasteiger partial charge in [-0.3, -0.25) is 14.6 Å². The van der Waals surface area contributed by atoms with Crippen LogP contribution in [0.25, 0.3) is 11.4 Å². The van der Waals surface area contributed by atoms with E-state index in [1.54, 1.807) is 12.1 Å². The highest BCUT2D eigenvalue weighted by Crippen LogP contribution is 2.28. The van der Waals surface area contributed by atoms with Gasteiger partial charge in [-0.25, -0.2) is 9.18 Å². The number of aliphatic hydroxyl groups is 3. The number of aromatic nitrogens is 2. The molecule has 1 aromatic carbocycles. The highest BCUT2D eigenvalue weighted by Gasteiger charge is 2.25. The smallest absolute Gasteiger partial charge is 0.319 e. The van der Waals surface area contributed by atoms with Crippen LogP contribution < -0.4 is 20.7 Å². The van der Waals surface area contributed by atoms with Crippen LogP contribution in [0, 0.1) is 5.82 Å². The van der Waals surface area contributed by atoms with Crippen LogP contribution in [0.3, 0.4) is 0 Å². The Hall–Kier alpha value is -5.09. The van der Waals surface area contributed by atoms with Crippen LogP contribution in [-0.2, 0) is 14.3 Å². The van der Waals surface area contributed by atoms with E-state index in [9.17, 15) is 23.9 Å². The average Bonchev–Trinajstić information content (AvgIpc) is 3.57. The van der Waals surface area contributed by atoms with Crippen LogP contribution in [0.2, 0.25) is 0 Å². The Bertz CT molecular complexity index is 1630. The zero-order valence-electron chi connectivity index (χ0n) is 26.1. The zero-order chi connectivity index (χ0) is 34.5. The molecule has 256 valence electrons. The molecule has 3 amide bonds. The van der Waals surface area contributed by atoms with Gasteiger partial charge in [0, 0.05) is 30.9 Å². The molecule has 0 spiro atoms. The van der Waals surface area contributed by atoms with E-state index < -0.39 is 36.1 Å². The molecule has 14 nitrogen and oxygen atoms in total. The molecule has 0 fully saturated rings. The number of urea groups is 1. The molecule has 4 rings (SSSR count). The number of anilines is 1. The van der Waals surface area contributed by atoms with Crippen molar-refractivity contribution >= 4 is 23.6 Å². The summed E-state index contributed by atoms with van der Waals surface area (Å²) in [5.74, 6) is -1.42. The number of H-pyrrole nitrogens is 1. The first-order valence-electron chi connectivity index (χ1n) is 15.2. The minimum atomic E-state index is -1.52. The van der Waals surface area contributed by atoms with E-state index in [4.69, 9.17) is 24.4 Å². The van der Waals surface area contributed by atoms with Gasteiger partial charge in [0.1, 0.15) is 23.9 Å². The van der Waals surface area contributed by atoms with Gasteiger partial charge in [-0.05, 0) is 44.0 Å². The van der Waals surface area contributed by atoms with Crippen molar-refractivity contribution in [3.63, 3.8) is 0 Å². The van der Waals surface area contributed by atoms with Crippen molar-refractivity contribution < 1.29 is 48.3 Å². The number of carbonyl (C=O) groups excluding carboxylic acids is 3. The fourth-order valence-corrected chi connectivity index (χ4v) is 4.69. The molecule has 0 bridgehead atoms. The molecule has 15 heteroatoms. The van der Waals surface area contributed by atoms with Crippen LogP contribution in [0.15, 0.2) is 72.6 Å². The van der Waals surface area contributed by atoms with Gasteiger partial charge in [0.2, 0.25) is 0 Å². The summed E-state index contributed by atoms with van der Waals surface area (Å²) in [5, 5.41) is 36.1. The Kier molecular flexibility index (Phi) is 13.2. The number of nitrogens with one attached hydrogen (secondary N) is 4. The summed E-state index contributed by atoms with van der Waals surface area (Å²) in [4.78, 5) is 44.5. The number of carbonyl (C=O) groups is 3. The molecule has 0 saturated heterocycles. The molecule has 1 aliphatic carbocycles. The first-order chi connectivity index (χ1) is 23.1. The van der Waals surface area contributed by atoms with E-state index >= 15 is 0 Å². The van der Waals surface area contributed by atoms with Crippen LogP contribution in [-0.4, -0.2) is 88.0 Å². The summed E-state index contributed by atoms with van der Waals surface area (Å²) in [6.07, 6.45) is 7.51. The molecule has 7 N–H and O–H groups in total. The molecular formula is C33H38FN5O9. The fourth-order valence-electron chi connectivity index (χ4n) is 4.69. The molecule has 1 aliphatic rings. The molecular weight excluding hydrogens is 629 g/mol. The highest BCUT2D eigenvalue weighted by atomic mass is 19.1. The van der Waals surface area contributed by atoms with Gasteiger partial charge in [-0.1, -0.05) is 23.8 Å². The van der Waals surface area contributed by atoms with E-state index in [0.29, 0.717) is 23.6 Å². The number of aromatic amines is 1. The number of allylic oxidation sites excluding steroid dienone is 2. The number of benzene rings is 1. The minimum absolute atomic E-state index is 0.0177. The third-order valence-corrected chi connectivity index (χ3v) is 7.01. The van der Waals surface area contributed by atoms with Gasteiger partial charge in [-0.15, -0.1) is 0 Å². The Morgan fingerprint density at radius 3 is 2.65 bits per heavy atom. The summed E-state index contributed by atoms with van der Waals surface area (Å²) < 4.78 is 30.6. The molecule has 48 heavy (non-hydrogen) atoms. The van der Waals surface area contributed by atoms with Crippen molar-refractivity contribution in [2.75, 3.05) is 31.7 Å². The van der Waals surface area contributed by atoms with Crippen LogP contribution in [0.1, 0.15) is 36.5 Å². The van der Waals surface area contributed by atoms with E-state index in [0.717, 1.165) is 11.6 Å². The van der Waals surface area contributed by atoms with E-state index in [1.807, 2.05) is 25.2 Å². The number of aliphatic hydroxyl groups excluding tert-OH is 3. The maximum atomic E-state index is 14.8. The molecule has 3 aromatic rings. The van der Waals surface area contributed by atoms with E-state index in [2.05, 4.69) is 25.9 Å². The van der Waals surface area contributed by atoms with Crippen molar-refractivity contribution in [2.45, 2.75) is 44.6 Å². The topological polar surface area (TPSA) is 204 Å². The highest BCUT2D eigenvalue weighted by molar-refractivity contribution is 5.95. The van der Waals surface area contributed by atoms with Gasteiger partial charge in [-0.2, -0.15) is 0 Å². The Labute approximate surface area is 275 Å². The van der Waals surface area contributed by atoms with Crippen LogP contribution >= 0.6 is 0 Å². The minimum Gasteiger partial charge on any atom is -0.463 e. The first-order valence-corrected chi connectivity index (χ1v) is 15.2. The van der Waals surface area contributed by atoms with Gasteiger partial charge < -0.3 is 50.5 Å². The molecule has 0 aliphatic heterocycles. The maximum absolute atomic E-state index is 14.8. The largest absolute Gasteiger partial charge is 0.463 e. The van der Waals surface area contributed by atoms with Crippen LogP contribution in [0.4, 0.5) is 14.9 Å². The second-order valence-corrected chi connectivity index (χ2v) is 10.8. The normalized spacial score (nSPS) is 15.2. The lowest BCUT2D eigenvalue weighted by Gasteiger charge is -2.23. The molecule has 2 heterocycles. The summed E-state index contributed by atoms with van der Waals surface area (Å²) in [7, 11) is 0. The number of esters is 1. The summed E-state index contributed by atoms with van der Waals surface area (Å²) in [5.41, 5.74) is 2.13. The van der Waals surface area contributed by atoms with Crippen molar-refractivity contribution in [3.8, 4) is 22.9 Å². The number of nitrogens with zero attached hydrogens (tertiary/aromatic N) is 1. The van der Waals surface area contributed by atoms with Gasteiger partial charge in [0.25, 0.3) is 5.91 Å². The summed E-state index contributed by atoms with van der Waals surface area (Å²) in [6.45, 7) is 0.895. The van der Waals surface area contributed by atoms with Gasteiger partial charge >= 0.3 is 12.0 Å². The van der Waals surface area contributed by atoms with Crippen molar-refractivity contribution in [1.29, 1.82) is 0 Å². The number of ether oxygens (including phenoxy) is 3. The Morgan fingerprint density at radius 2 is 1.90 bits per heavy atom. The van der Waals surface area contributed by atoms with Crippen molar-refractivity contribution in [1.82, 2.24) is 20.6 Å². The predicted molar refractivity (Wildman–Crippen MR) is 172 cm³/mol. The number of amides is 3. The third-order valence-electron chi connectivity index (χ3n) is 7.01. The monoisotopic (exact) mass is 667 g/mol. The quantitative estimate of drug-likeness (QED) is 0.0878. The number of hydrogen-bond acceptors (Lipinski definition) is 10. The molecule has 3 unspecified atom stereocenters. The average molecular weight is 668 g/mol. The lowest BCUT2D eigenvalue weighted by Crippen LogP contribution is -2.45. The zero-order valence-corrected chi connectivity index (χ0v) is 26.1. The number of halogens is 1. The second-order valence-electron chi connectivity index (χ2n) is 10.8. The first kappa shape index (κ1) is 35.8. The number of pyridine rings is 1. The van der Waals surface area contributed by atoms with Gasteiger partial charge in [0.15, 0.2) is 6.29 Å². The van der Waals surface area contributed by atoms with E-state index in [1.165, 1.54) is 30.6 Å². The van der Waals surface area contributed by atoms with Crippen molar-refractivity contribution in [2.24, 2.45) is 0 Å². The van der Waals surface area contributed by atoms with Crippen LogP contribution in [0.5, 0.6) is 11.5 Å². The number of rotatable bonds is 16. The molecule has 0 saturated carbocycles. The maximum Gasteiger partial charge on any atom is 0.319 e. The lowest BCUT2D eigenvalue weighted by molar-refractivity contribution is -0.147. The molecule has 3 atom stereocenters.